The fourth-order valence-electron chi connectivity index (χ4n) is 5.17. The number of carbonyl (C=O) groups is 2. The van der Waals surface area contributed by atoms with Gasteiger partial charge in [-0.1, -0.05) is 54.6 Å². The summed E-state index contributed by atoms with van der Waals surface area (Å²) < 4.78 is 28.3. The maximum absolute atomic E-state index is 13.6. The number of nitrogens with zero attached hydrogens (tertiary/aromatic N) is 2. The molecule has 0 aliphatic carbocycles. The van der Waals surface area contributed by atoms with Gasteiger partial charge in [0.2, 0.25) is 5.89 Å². The van der Waals surface area contributed by atoms with Gasteiger partial charge in [0, 0.05) is 18.6 Å². The number of amides is 2. The zero-order chi connectivity index (χ0) is 31.1. The van der Waals surface area contributed by atoms with E-state index in [9.17, 15) is 14.7 Å². The molecule has 0 bridgehead atoms. The van der Waals surface area contributed by atoms with E-state index in [0.717, 1.165) is 27.5 Å². The highest BCUT2D eigenvalue weighted by Crippen LogP contribution is 2.33. The Kier molecular flexibility index (Phi) is 9.93. The highest BCUT2D eigenvalue weighted by molar-refractivity contribution is 5.96. The Bertz CT molecular complexity index is 1560. The maximum Gasteiger partial charge on any atom is 0.417 e. The summed E-state index contributed by atoms with van der Waals surface area (Å²) in [5.41, 5.74) is 3.01. The number of hydrogen-bond acceptors (Lipinski definition) is 9. The van der Waals surface area contributed by atoms with Crippen LogP contribution in [0.4, 0.5) is 4.79 Å². The summed E-state index contributed by atoms with van der Waals surface area (Å²) in [6.45, 7) is 4.10. The van der Waals surface area contributed by atoms with Crippen LogP contribution in [0.2, 0.25) is 0 Å². The lowest BCUT2D eigenvalue weighted by molar-refractivity contribution is -0.149. The lowest BCUT2D eigenvalue weighted by Crippen LogP contribution is -2.48. The van der Waals surface area contributed by atoms with E-state index in [1.54, 1.807) is 25.1 Å². The number of oxazole rings is 1. The van der Waals surface area contributed by atoms with Crippen molar-refractivity contribution in [1.29, 1.82) is 0 Å². The highest BCUT2D eigenvalue weighted by atomic mass is 16.6. The second kappa shape index (κ2) is 14.2. The van der Waals surface area contributed by atoms with Gasteiger partial charge in [-0.2, -0.15) is 0 Å². The van der Waals surface area contributed by atoms with Crippen molar-refractivity contribution >= 4 is 12.0 Å². The molecule has 0 saturated carbocycles. The summed E-state index contributed by atoms with van der Waals surface area (Å²) >= 11 is 0. The monoisotopic (exact) mass is 600 g/mol. The Labute approximate surface area is 256 Å². The molecule has 230 valence electrons. The van der Waals surface area contributed by atoms with Crippen LogP contribution < -0.4 is 9.47 Å². The molecule has 1 saturated heterocycles. The zero-order valence-corrected chi connectivity index (χ0v) is 25.0. The molecule has 1 aliphatic heterocycles. The number of aromatic nitrogens is 1. The van der Waals surface area contributed by atoms with Crippen LogP contribution in [0.25, 0.3) is 11.5 Å². The minimum Gasteiger partial charge on any atom is -0.493 e. The van der Waals surface area contributed by atoms with Crippen LogP contribution in [0.5, 0.6) is 11.5 Å². The second-order valence-electron chi connectivity index (χ2n) is 10.3. The standard InChI is InChI=1S/C34H36N2O8/c1-4-41-31(33(38)36-26(21-43-34(36)39)19-23-11-7-5-8-12-23)30(37)25-15-16-28(29(20-25)40-3)42-18-17-27-22(2)44-32(35-27)24-13-9-6-10-14-24/h5-16,20,26,30-31,37H,4,17-19,21H2,1-3H3/t26?,30-,31+/m1/s1. The van der Waals surface area contributed by atoms with Gasteiger partial charge in [0.1, 0.15) is 18.5 Å². The van der Waals surface area contributed by atoms with Crippen LogP contribution in [0.1, 0.15) is 35.6 Å². The number of imide groups is 1. The third kappa shape index (κ3) is 6.93. The molecule has 3 aromatic carbocycles. The Morgan fingerprint density at radius 2 is 1.80 bits per heavy atom. The Balaban J connectivity index is 1.26. The van der Waals surface area contributed by atoms with E-state index in [0.29, 0.717) is 42.4 Å². The van der Waals surface area contributed by atoms with Gasteiger partial charge in [0.05, 0.1) is 25.5 Å². The average Bonchev–Trinajstić information content (AvgIpc) is 3.61. The molecular formula is C34H36N2O8. The first kappa shape index (κ1) is 30.8. The normalized spacial score (nSPS) is 16.0. The van der Waals surface area contributed by atoms with Crippen molar-refractivity contribution < 1.29 is 38.1 Å². The van der Waals surface area contributed by atoms with Crippen LogP contribution in [0, 0.1) is 6.92 Å². The molecule has 10 heteroatoms. The molecule has 4 aromatic rings. The molecule has 5 rings (SSSR count). The fourth-order valence-corrected chi connectivity index (χ4v) is 5.17. The first-order valence-corrected chi connectivity index (χ1v) is 14.6. The van der Waals surface area contributed by atoms with E-state index < -0.39 is 30.3 Å². The lowest BCUT2D eigenvalue weighted by atomic mass is 10.0. The first-order chi connectivity index (χ1) is 21.4. The van der Waals surface area contributed by atoms with E-state index in [-0.39, 0.29) is 13.2 Å². The molecule has 44 heavy (non-hydrogen) atoms. The molecule has 1 fully saturated rings. The summed E-state index contributed by atoms with van der Waals surface area (Å²) in [7, 11) is 1.49. The molecule has 2 amide bonds. The third-order valence-electron chi connectivity index (χ3n) is 7.43. The van der Waals surface area contributed by atoms with E-state index >= 15 is 0 Å². The van der Waals surface area contributed by atoms with Crippen LogP contribution in [-0.4, -0.2) is 66.1 Å². The van der Waals surface area contributed by atoms with Gasteiger partial charge < -0.3 is 28.5 Å². The summed E-state index contributed by atoms with van der Waals surface area (Å²) in [4.78, 5) is 31.9. The van der Waals surface area contributed by atoms with Gasteiger partial charge in [0.25, 0.3) is 5.91 Å². The number of rotatable bonds is 13. The molecular weight excluding hydrogens is 564 g/mol. The summed E-state index contributed by atoms with van der Waals surface area (Å²) in [5.74, 6) is 1.44. The summed E-state index contributed by atoms with van der Waals surface area (Å²) in [5, 5.41) is 11.3. The van der Waals surface area contributed by atoms with Gasteiger partial charge in [-0.3, -0.25) is 4.79 Å². The lowest BCUT2D eigenvalue weighted by Gasteiger charge is -2.28. The largest absolute Gasteiger partial charge is 0.493 e. The molecule has 0 spiro atoms. The number of benzene rings is 3. The van der Waals surface area contributed by atoms with Crippen molar-refractivity contribution in [2.75, 3.05) is 26.9 Å². The predicted octanol–water partition coefficient (Wildman–Crippen LogP) is 5.31. The van der Waals surface area contributed by atoms with Crippen molar-refractivity contribution in [3.63, 3.8) is 0 Å². The van der Waals surface area contributed by atoms with Crippen molar-refractivity contribution in [2.24, 2.45) is 0 Å². The van der Waals surface area contributed by atoms with Crippen molar-refractivity contribution in [2.45, 2.75) is 44.9 Å². The van der Waals surface area contributed by atoms with Crippen molar-refractivity contribution in [3.8, 4) is 23.0 Å². The maximum atomic E-state index is 13.6. The summed E-state index contributed by atoms with van der Waals surface area (Å²) in [6.07, 6.45) is -2.55. The van der Waals surface area contributed by atoms with E-state index in [4.69, 9.17) is 23.4 Å². The summed E-state index contributed by atoms with van der Waals surface area (Å²) in [6, 6.07) is 23.6. The molecule has 2 heterocycles. The number of aliphatic hydroxyl groups is 1. The molecule has 3 atom stereocenters. The molecule has 1 aromatic heterocycles. The smallest absolute Gasteiger partial charge is 0.417 e. The minimum atomic E-state index is -1.38. The van der Waals surface area contributed by atoms with Crippen molar-refractivity contribution in [1.82, 2.24) is 9.88 Å². The number of ether oxygens (including phenoxy) is 4. The van der Waals surface area contributed by atoms with E-state index in [2.05, 4.69) is 4.98 Å². The van der Waals surface area contributed by atoms with Crippen molar-refractivity contribution in [3.05, 3.63) is 101 Å². The predicted molar refractivity (Wildman–Crippen MR) is 161 cm³/mol. The number of aliphatic hydroxyl groups excluding tert-OH is 1. The molecule has 1 aliphatic rings. The second-order valence-corrected chi connectivity index (χ2v) is 10.3. The number of methoxy groups -OCH3 is 1. The van der Waals surface area contributed by atoms with Gasteiger partial charge in [-0.15, -0.1) is 0 Å². The van der Waals surface area contributed by atoms with Crippen LogP contribution >= 0.6 is 0 Å². The van der Waals surface area contributed by atoms with Crippen LogP contribution in [0.15, 0.2) is 83.3 Å². The van der Waals surface area contributed by atoms with E-state index in [1.165, 1.54) is 7.11 Å². The topological polar surface area (TPSA) is 121 Å². The number of carbonyl (C=O) groups excluding carboxylic acids is 2. The van der Waals surface area contributed by atoms with Gasteiger partial charge >= 0.3 is 6.09 Å². The number of aryl methyl sites for hydroxylation is 1. The Morgan fingerprint density at radius 1 is 1.07 bits per heavy atom. The Morgan fingerprint density at radius 3 is 2.50 bits per heavy atom. The number of hydrogen-bond donors (Lipinski definition) is 1. The fraction of sp³-hybridized carbons (Fsp3) is 0.324. The van der Waals surface area contributed by atoms with Crippen LogP contribution in [0.3, 0.4) is 0 Å². The molecule has 0 radical (unpaired) electrons. The van der Waals surface area contributed by atoms with Gasteiger partial charge in [-0.25, -0.2) is 14.7 Å². The molecule has 1 unspecified atom stereocenters. The van der Waals surface area contributed by atoms with Gasteiger partial charge in [-0.05, 0) is 55.7 Å². The average molecular weight is 601 g/mol. The minimum absolute atomic E-state index is 0.0652. The van der Waals surface area contributed by atoms with Crippen LogP contribution in [-0.2, 0) is 27.1 Å². The Hall–Kier alpha value is -4.67. The van der Waals surface area contributed by atoms with Gasteiger partial charge in [0.15, 0.2) is 17.6 Å². The van der Waals surface area contributed by atoms with E-state index in [1.807, 2.05) is 67.6 Å². The quantitative estimate of drug-likeness (QED) is 0.218. The molecule has 1 N–H and O–H groups in total. The number of cyclic esters (lactones) is 1. The molecule has 10 nitrogen and oxygen atoms in total. The first-order valence-electron chi connectivity index (χ1n) is 14.6. The third-order valence-corrected chi connectivity index (χ3v) is 7.43. The highest BCUT2D eigenvalue weighted by Gasteiger charge is 2.43. The zero-order valence-electron chi connectivity index (χ0n) is 25.0. The SMILES string of the molecule is CCO[C@H](C(=O)N1C(=O)OCC1Cc1ccccc1)[C@H](O)c1ccc(OCCc2nc(-c3ccccc3)oc2C)c(OC)c1.